The monoisotopic (exact) mass is 405 g/mol. The first-order chi connectivity index (χ1) is 13.5. The number of hydrazone groups is 1. The highest BCUT2D eigenvalue weighted by Crippen LogP contribution is 2.28. The Kier molecular flexibility index (Phi) is 5.81. The van der Waals surface area contributed by atoms with Gasteiger partial charge in [0.2, 0.25) is 5.96 Å². The normalized spacial score (nSPS) is 13.1. The number of hydrogen-bond donors (Lipinski definition) is 3. The minimum Gasteiger partial charge on any atom is -0.497 e. The van der Waals surface area contributed by atoms with Gasteiger partial charge in [0.25, 0.3) is 11.5 Å². The Labute approximate surface area is 166 Å². The maximum Gasteiger partial charge on any atom is 0.280 e. The van der Waals surface area contributed by atoms with E-state index in [1.165, 1.54) is 4.68 Å². The third-order valence-electron chi connectivity index (χ3n) is 4.13. The van der Waals surface area contributed by atoms with Crippen molar-refractivity contribution in [3.05, 3.63) is 45.3 Å². The molecule has 28 heavy (non-hydrogen) atoms. The zero-order valence-corrected chi connectivity index (χ0v) is 16.4. The molecule has 0 saturated carbocycles. The molecule has 1 aliphatic heterocycles. The van der Waals surface area contributed by atoms with E-state index in [0.717, 1.165) is 0 Å². The number of aromatic nitrogens is 2. The van der Waals surface area contributed by atoms with E-state index in [2.05, 4.69) is 26.6 Å². The Morgan fingerprint density at radius 1 is 1.25 bits per heavy atom. The topological polar surface area (TPSA) is 113 Å². The first-order valence-corrected chi connectivity index (χ1v) is 9.00. The SMILES string of the molecule is CCN1NNN=C1NC(=O)c1nn(CC)c(=O)c(-c2ccc(OC)cc2)c1Cl. The van der Waals surface area contributed by atoms with Crippen LogP contribution < -0.4 is 26.7 Å². The van der Waals surface area contributed by atoms with Crippen molar-refractivity contribution < 1.29 is 9.53 Å². The molecule has 2 heterocycles. The van der Waals surface area contributed by atoms with Gasteiger partial charge in [-0.2, -0.15) is 5.10 Å². The lowest BCUT2D eigenvalue weighted by Gasteiger charge is -2.17. The molecule has 11 heteroatoms. The standard InChI is InChI=1S/C17H20ClN7O3/c1-4-24-16(27)12(10-6-8-11(28-3)9-7-10)13(18)14(21-24)15(26)19-17-20-22-23-25(17)5-2/h6-9,22-23H,4-5H2,1-3H3,(H,19,20,26). The largest absolute Gasteiger partial charge is 0.497 e. The molecule has 0 saturated heterocycles. The molecule has 0 bridgehead atoms. The van der Waals surface area contributed by atoms with Gasteiger partial charge in [-0.3, -0.25) is 19.9 Å². The van der Waals surface area contributed by atoms with E-state index < -0.39 is 5.91 Å². The van der Waals surface area contributed by atoms with Gasteiger partial charge in [-0.05, 0) is 31.5 Å². The number of carbonyl (C=O) groups is 1. The van der Waals surface area contributed by atoms with Gasteiger partial charge in [0.1, 0.15) is 5.75 Å². The molecule has 3 N–H and O–H groups in total. The Morgan fingerprint density at radius 3 is 2.57 bits per heavy atom. The number of ether oxygens (including phenoxy) is 1. The summed E-state index contributed by atoms with van der Waals surface area (Å²) in [4.78, 5) is 25.6. The molecule has 3 rings (SSSR count). The molecular formula is C17H20ClN7O3. The van der Waals surface area contributed by atoms with Gasteiger partial charge < -0.3 is 4.74 Å². The van der Waals surface area contributed by atoms with Crippen molar-refractivity contribution in [2.24, 2.45) is 5.10 Å². The molecule has 0 unspecified atom stereocenters. The predicted molar refractivity (Wildman–Crippen MR) is 105 cm³/mol. The summed E-state index contributed by atoms with van der Waals surface area (Å²) in [6.45, 7) is 4.48. The fourth-order valence-corrected chi connectivity index (χ4v) is 2.97. The molecule has 1 aromatic heterocycles. The average Bonchev–Trinajstić information content (AvgIpc) is 3.15. The van der Waals surface area contributed by atoms with E-state index in [1.807, 2.05) is 6.92 Å². The van der Waals surface area contributed by atoms with Crippen LogP contribution in [0.4, 0.5) is 0 Å². The average molecular weight is 406 g/mol. The lowest BCUT2D eigenvalue weighted by Crippen LogP contribution is -2.47. The van der Waals surface area contributed by atoms with Crippen LogP contribution in [-0.4, -0.2) is 40.3 Å². The summed E-state index contributed by atoms with van der Waals surface area (Å²) in [5.41, 5.74) is 5.61. The summed E-state index contributed by atoms with van der Waals surface area (Å²) in [5.74, 6) is 0.330. The van der Waals surface area contributed by atoms with Crippen LogP contribution in [-0.2, 0) is 6.54 Å². The number of methoxy groups -OCH3 is 1. The maximum absolute atomic E-state index is 12.8. The maximum atomic E-state index is 12.8. The number of rotatable bonds is 5. The first-order valence-electron chi connectivity index (χ1n) is 8.62. The van der Waals surface area contributed by atoms with Crippen molar-refractivity contribution in [3.8, 4) is 16.9 Å². The molecule has 2 aromatic rings. The number of aryl methyl sites for hydroxylation is 1. The summed E-state index contributed by atoms with van der Waals surface area (Å²) in [6.07, 6.45) is 0. The van der Waals surface area contributed by atoms with Crippen LogP contribution in [0.25, 0.3) is 11.1 Å². The molecule has 1 aromatic carbocycles. The molecule has 148 valence electrons. The van der Waals surface area contributed by atoms with Gasteiger partial charge in [-0.25, -0.2) is 10.2 Å². The Bertz CT molecular complexity index is 972. The van der Waals surface area contributed by atoms with Gasteiger partial charge >= 0.3 is 0 Å². The van der Waals surface area contributed by atoms with Crippen molar-refractivity contribution >= 4 is 23.5 Å². The fourth-order valence-electron chi connectivity index (χ4n) is 2.66. The van der Waals surface area contributed by atoms with Crippen molar-refractivity contribution in [1.29, 1.82) is 0 Å². The number of amides is 1. The summed E-state index contributed by atoms with van der Waals surface area (Å²) < 4.78 is 6.34. The highest BCUT2D eigenvalue weighted by molar-refractivity contribution is 6.36. The first kappa shape index (κ1) is 19.6. The number of nitrogens with zero attached hydrogens (tertiary/aromatic N) is 4. The third-order valence-corrected chi connectivity index (χ3v) is 4.50. The highest BCUT2D eigenvalue weighted by atomic mass is 35.5. The Morgan fingerprint density at radius 2 is 1.96 bits per heavy atom. The lowest BCUT2D eigenvalue weighted by atomic mass is 10.1. The quantitative estimate of drug-likeness (QED) is 0.678. The second-order valence-corrected chi connectivity index (χ2v) is 6.12. The molecule has 0 fully saturated rings. The number of hydrogen-bond acceptors (Lipinski definition) is 8. The minimum atomic E-state index is -0.579. The van der Waals surface area contributed by atoms with E-state index in [4.69, 9.17) is 16.3 Å². The van der Waals surface area contributed by atoms with Crippen LogP contribution >= 0.6 is 11.6 Å². The number of hydrazine groups is 2. The number of carbonyl (C=O) groups excluding carboxylic acids is 1. The highest BCUT2D eigenvalue weighted by Gasteiger charge is 2.25. The second kappa shape index (κ2) is 8.28. The zero-order chi connectivity index (χ0) is 20.3. The van der Waals surface area contributed by atoms with Gasteiger partial charge in [-0.1, -0.05) is 23.7 Å². The molecule has 1 aliphatic rings. The van der Waals surface area contributed by atoms with Crippen molar-refractivity contribution in [2.75, 3.05) is 13.7 Å². The van der Waals surface area contributed by atoms with Gasteiger partial charge in [0, 0.05) is 13.1 Å². The van der Waals surface area contributed by atoms with Crippen LogP contribution in [0.5, 0.6) is 5.75 Å². The van der Waals surface area contributed by atoms with Crippen molar-refractivity contribution in [3.63, 3.8) is 0 Å². The van der Waals surface area contributed by atoms with Crippen LogP contribution in [0.3, 0.4) is 0 Å². The minimum absolute atomic E-state index is 0.0278. The van der Waals surface area contributed by atoms with E-state index in [-0.39, 0.29) is 34.3 Å². The lowest BCUT2D eigenvalue weighted by molar-refractivity contribution is 0.0964. The van der Waals surface area contributed by atoms with E-state index >= 15 is 0 Å². The molecule has 0 spiro atoms. The predicted octanol–water partition coefficient (Wildman–Crippen LogP) is 0.938. The zero-order valence-electron chi connectivity index (χ0n) is 15.6. The van der Waals surface area contributed by atoms with Gasteiger partial charge in [0.05, 0.1) is 17.7 Å². The van der Waals surface area contributed by atoms with Crippen molar-refractivity contribution in [1.82, 2.24) is 31.2 Å². The van der Waals surface area contributed by atoms with Gasteiger partial charge in [-0.15, -0.1) is 10.6 Å². The van der Waals surface area contributed by atoms with Crippen molar-refractivity contribution in [2.45, 2.75) is 20.4 Å². The summed E-state index contributed by atoms with van der Waals surface area (Å²) in [6, 6.07) is 6.84. The number of halogens is 1. The fraction of sp³-hybridized carbons (Fsp3) is 0.294. The van der Waals surface area contributed by atoms with Gasteiger partial charge in [0.15, 0.2) is 5.69 Å². The molecule has 0 atom stereocenters. The number of guanidine groups is 1. The van der Waals surface area contributed by atoms with E-state index in [0.29, 0.717) is 17.9 Å². The van der Waals surface area contributed by atoms with Crippen LogP contribution in [0.15, 0.2) is 34.2 Å². The Balaban J connectivity index is 2.04. The third kappa shape index (κ3) is 3.64. The summed E-state index contributed by atoms with van der Waals surface area (Å²) in [7, 11) is 1.55. The molecule has 0 aliphatic carbocycles. The van der Waals surface area contributed by atoms with Crippen LogP contribution in [0, 0.1) is 0 Å². The summed E-state index contributed by atoms with van der Waals surface area (Å²) in [5, 5.41) is 12.3. The molecule has 0 radical (unpaired) electrons. The number of benzene rings is 1. The van der Waals surface area contributed by atoms with Crippen LogP contribution in [0.1, 0.15) is 24.3 Å². The Hall–Kier alpha value is -3.11. The van der Waals surface area contributed by atoms with E-state index in [9.17, 15) is 9.59 Å². The second-order valence-electron chi connectivity index (χ2n) is 5.74. The smallest absolute Gasteiger partial charge is 0.280 e. The number of nitrogens with one attached hydrogen (secondary N) is 3. The summed E-state index contributed by atoms with van der Waals surface area (Å²) >= 11 is 6.45. The van der Waals surface area contributed by atoms with Crippen LogP contribution in [0.2, 0.25) is 5.02 Å². The van der Waals surface area contributed by atoms with E-state index in [1.54, 1.807) is 43.3 Å². The molecular weight excluding hydrogens is 386 g/mol. The molecule has 1 amide bonds. The molecule has 10 nitrogen and oxygen atoms in total.